The van der Waals surface area contributed by atoms with Crippen LogP contribution in [-0.2, 0) is 12.6 Å². The van der Waals surface area contributed by atoms with Crippen molar-refractivity contribution in [2.45, 2.75) is 38.0 Å². The fraction of sp³-hybridized carbons (Fsp3) is 0.571. The summed E-state index contributed by atoms with van der Waals surface area (Å²) in [5.74, 6) is 0. The lowest BCUT2D eigenvalue weighted by atomic mass is 9.84. The summed E-state index contributed by atoms with van der Waals surface area (Å²) in [5.41, 5.74) is -0.0549. The maximum atomic E-state index is 12.6. The van der Waals surface area contributed by atoms with E-state index in [0.29, 0.717) is 24.8 Å². The number of benzene rings is 1. The molecule has 1 saturated heterocycles. The van der Waals surface area contributed by atoms with E-state index in [0.717, 1.165) is 30.8 Å². The molecule has 1 heterocycles. The zero-order chi connectivity index (χ0) is 14.1. The Morgan fingerprint density at radius 3 is 2.42 bits per heavy atom. The quantitative estimate of drug-likeness (QED) is 0.868. The molecule has 0 saturated carbocycles. The predicted octanol–water partition coefficient (Wildman–Crippen LogP) is 2.67. The van der Waals surface area contributed by atoms with Crippen molar-refractivity contribution >= 4 is 0 Å². The highest BCUT2D eigenvalue weighted by Gasteiger charge is 2.32. The van der Waals surface area contributed by atoms with Crippen LogP contribution in [0.4, 0.5) is 13.2 Å². The number of hydrogen-bond donors (Lipinski definition) is 2. The number of halogens is 3. The van der Waals surface area contributed by atoms with Gasteiger partial charge in [0.15, 0.2) is 0 Å². The van der Waals surface area contributed by atoms with Gasteiger partial charge >= 0.3 is 6.18 Å². The first-order chi connectivity index (χ1) is 8.80. The van der Waals surface area contributed by atoms with Gasteiger partial charge < -0.3 is 10.4 Å². The van der Waals surface area contributed by atoms with Crippen molar-refractivity contribution in [3.05, 3.63) is 34.9 Å². The summed E-state index contributed by atoms with van der Waals surface area (Å²) in [6.07, 6.45) is -2.63. The first-order valence-electron chi connectivity index (χ1n) is 6.40. The van der Waals surface area contributed by atoms with Crippen LogP contribution in [0.15, 0.2) is 18.2 Å². The highest BCUT2D eigenvalue weighted by molar-refractivity contribution is 5.33. The van der Waals surface area contributed by atoms with E-state index in [4.69, 9.17) is 0 Å². The summed E-state index contributed by atoms with van der Waals surface area (Å²) in [6, 6.07) is 3.73. The van der Waals surface area contributed by atoms with Crippen LogP contribution >= 0.6 is 0 Å². The number of rotatable bonds is 2. The highest BCUT2D eigenvalue weighted by Crippen LogP contribution is 2.32. The zero-order valence-corrected chi connectivity index (χ0v) is 10.8. The van der Waals surface area contributed by atoms with Crippen LogP contribution in [-0.4, -0.2) is 23.8 Å². The molecular formula is C14H18F3NO. The lowest BCUT2D eigenvalue weighted by molar-refractivity contribution is -0.137. The topological polar surface area (TPSA) is 32.3 Å². The third kappa shape index (κ3) is 3.48. The minimum Gasteiger partial charge on any atom is -0.389 e. The van der Waals surface area contributed by atoms with E-state index in [-0.39, 0.29) is 0 Å². The van der Waals surface area contributed by atoms with Gasteiger partial charge in [-0.25, -0.2) is 0 Å². The Bertz CT molecular complexity index is 450. The summed E-state index contributed by atoms with van der Waals surface area (Å²) in [7, 11) is 0. The number of aliphatic hydroxyl groups is 1. The third-order valence-electron chi connectivity index (χ3n) is 3.72. The lowest BCUT2D eigenvalue weighted by Crippen LogP contribution is -2.43. The summed E-state index contributed by atoms with van der Waals surface area (Å²) >= 11 is 0. The van der Waals surface area contributed by atoms with E-state index < -0.39 is 17.3 Å². The molecule has 2 N–H and O–H groups in total. The maximum Gasteiger partial charge on any atom is 0.416 e. The van der Waals surface area contributed by atoms with Crippen molar-refractivity contribution in [2.24, 2.45) is 0 Å². The van der Waals surface area contributed by atoms with Crippen LogP contribution in [0.3, 0.4) is 0 Å². The van der Waals surface area contributed by atoms with E-state index in [1.807, 2.05) is 0 Å². The molecule has 1 aromatic carbocycles. The van der Waals surface area contributed by atoms with Gasteiger partial charge in [0.2, 0.25) is 0 Å². The van der Waals surface area contributed by atoms with Gasteiger partial charge in [-0.15, -0.1) is 0 Å². The van der Waals surface area contributed by atoms with Crippen LogP contribution < -0.4 is 5.32 Å². The molecule has 1 aliphatic rings. The molecule has 0 aliphatic carbocycles. The summed E-state index contributed by atoms with van der Waals surface area (Å²) in [4.78, 5) is 0. The standard InChI is InChI=1S/C14H18F3NO/c1-10-8-12(14(15,16)17)3-2-11(10)9-13(19)4-6-18-7-5-13/h2-3,8,18-19H,4-7,9H2,1H3. The summed E-state index contributed by atoms with van der Waals surface area (Å²) < 4.78 is 37.7. The minimum absolute atomic E-state index is 0.415. The Morgan fingerprint density at radius 1 is 1.26 bits per heavy atom. The second kappa shape index (κ2) is 5.13. The van der Waals surface area contributed by atoms with Gasteiger partial charge in [-0.2, -0.15) is 13.2 Å². The minimum atomic E-state index is -4.31. The number of alkyl halides is 3. The molecule has 0 unspecified atom stereocenters. The highest BCUT2D eigenvalue weighted by atomic mass is 19.4. The number of aryl methyl sites for hydroxylation is 1. The smallest absolute Gasteiger partial charge is 0.389 e. The van der Waals surface area contributed by atoms with E-state index in [9.17, 15) is 18.3 Å². The molecule has 106 valence electrons. The SMILES string of the molecule is Cc1cc(C(F)(F)F)ccc1CC1(O)CCNCC1. The predicted molar refractivity (Wildman–Crippen MR) is 66.9 cm³/mol. The lowest BCUT2D eigenvalue weighted by Gasteiger charge is -2.33. The first kappa shape index (κ1) is 14.3. The Labute approximate surface area is 110 Å². The Kier molecular flexibility index (Phi) is 3.87. The normalized spacial score (nSPS) is 19.4. The van der Waals surface area contributed by atoms with E-state index in [2.05, 4.69) is 5.32 Å². The Morgan fingerprint density at radius 2 is 1.89 bits per heavy atom. The Balaban J connectivity index is 2.17. The van der Waals surface area contributed by atoms with Gasteiger partial charge in [0.05, 0.1) is 11.2 Å². The molecule has 19 heavy (non-hydrogen) atoms. The van der Waals surface area contributed by atoms with Gasteiger partial charge in [-0.1, -0.05) is 6.07 Å². The molecule has 0 bridgehead atoms. The van der Waals surface area contributed by atoms with Crippen molar-refractivity contribution in [3.8, 4) is 0 Å². The van der Waals surface area contributed by atoms with Crippen molar-refractivity contribution in [1.82, 2.24) is 5.32 Å². The van der Waals surface area contributed by atoms with Crippen LogP contribution in [0, 0.1) is 6.92 Å². The zero-order valence-electron chi connectivity index (χ0n) is 10.8. The van der Waals surface area contributed by atoms with Gasteiger partial charge in [0.25, 0.3) is 0 Å². The molecule has 1 fully saturated rings. The largest absolute Gasteiger partial charge is 0.416 e. The average molecular weight is 273 g/mol. The monoisotopic (exact) mass is 273 g/mol. The van der Waals surface area contributed by atoms with Gasteiger partial charge in [-0.05, 0) is 56.1 Å². The van der Waals surface area contributed by atoms with Crippen molar-refractivity contribution in [3.63, 3.8) is 0 Å². The van der Waals surface area contributed by atoms with Gasteiger partial charge in [0, 0.05) is 6.42 Å². The van der Waals surface area contributed by atoms with Crippen molar-refractivity contribution in [2.75, 3.05) is 13.1 Å². The first-order valence-corrected chi connectivity index (χ1v) is 6.40. The maximum absolute atomic E-state index is 12.6. The second-order valence-corrected chi connectivity index (χ2v) is 5.29. The Hall–Kier alpha value is -1.07. The molecule has 2 nitrogen and oxygen atoms in total. The van der Waals surface area contributed by atoms with Crippen LogP contribution in [0.2, 0.25) is 0 Å². The summed E-state index contributed by atoms with van der Waals surface area (Å²) in [5, 5.41) is 13.6. The van der Waals surface area contributed by atoms with Crippen molar-refractivity contribution in [1.29, 1.82) is 0 Å². The van der Waals surface area contributed by atoms with Crippen molar-refractivity contribution < 1.29 is 18.3 Å². The number of nitrogens with one attached hydrogen (secondary N) is 1. The van der Waals surface area contributed by atoms with Gasteiger partial charge in [-0.3, -0.25) is 0 Å². The van der Waals surface area contributed by atoms with Gasteiger partial charge in [0.1, 0.15) is 0 Å². The number of piperidine rings is 1. The third-order valence-corrected chi connectivity index (χ3v) is 3.72. The molecule has 0 aromatic heterocycles. The fourth-order valence-corrected chi connectivity index (χ4v) is 2.49. The molecule has 1 aromatic rings. The fourth-order valence-electron chi connectivity index (χ4n) is 2.49. The molecular weight excluding hydrogens is 255 g/mol. The van der Waals surface area contributed by atoms with E-state index in [1.165, 1.54) is 6.07 Å². The molecule has 0 spiro atoms. The van der Waals surface area contributed by atoms with E-state index >= 15 is 0 Å². The molecule has 2 rings (SSSR count). The average Bonchev–Trinajstić information content (AvgIpc) is 2.31. The second-order valence-electron chi connectivity index (χ2n) is 5.29. The van der Waals surface area contributed by atoms with Crippen LogP contribution in [0.1, 0.15) is 29.5 Å². The molecule has 0 radical (unpaired) electrons. The molecule has 5 heteroatoms. The molecule has 0 atom stereocenters. The summed E-state index contributed by atoms with van der Waals surface area (Å²) in [6.45, 7) is 3.15. The van der Waals surface area contributed by atoms with E-state index in [1.54, 1.807) is 6.92 Å². The molecule has 0 amide bonds. The van der Waals surface area contributed by atoms with Crippen LogP contribution in [0.5, 0.6) is 0 Å². The molecule has 1 aliphatic heterocycles. The number of hydrogen-bond acceptors (Lipinski definition) is 2. The van der Waals surface area contributed by atoms with Crippen LogP contribution in [0.25, 0.3) is 0 Å².